The van der Waals surface area contributed by atoms with Crippen molar-refractivity contribution in [2.24, 2.45) is 0 Å². The molecule has 4 heteroatoms. The Kier molecular flexibility index (Phi) is 3.49. The highest BCUT2D eigenvalue weighted by Gasteiger charge is 2.19. The van der Waals surface area contributed by atoms with Crippen molar-refractivity contribution in [3.63, 3.8) is 0 Å². The van der Waals surface area contributed by atoms with Crippen LogP contribution in [0.15, 0.2) is 30.7 Å². The van der Waals surface area contributed by atoms with Crippen LogP contribution < -0.4 is 5.73 Å². The van der Waals surface area contributed by atoms with Crippen LogP contribution in [0.4, 0.5) is 5.69 Å². The first-order valence-corrected chi connectivity index (χ1v) is 7.24. The first kappa shape index (κ1) is 13.2. The number of aromatic nitrogens is 2. The molecule has 1 aromatic heterocycles. The fourth-order valence-electron chi connectivity index (χ4n) is 2.98. The molecule has 0 radical (unpaired) electrons. The third-order valence-electron chi connectivity index (χ3n) is 4.07. The topological polar surface area (TPSA) is 47.1 Å². The lowest BCUT2D eigenvalue weighted by molar-refractivity contribution is 0.238. The summed E-state index contributed by atoms with van der Waals surface area (Å²) in [5, 5.41) is 0. The largest absolute Gasteiger partial charge is 0.398 e. The van der Waals surface area contributed by atoms with E-state index in [9.17, 15) is 0 Å². The fourth-order valence-corrected chi connectivity index (χ4v) is 2.98. The van der Waals surface area contributed by atoms with Gasteiger partial charge in [-0.05, 0) is 37.5 Å². The van der Waals surface area contributed by atoms with Crippen LogP contribution in [0.5, 0.6) is 0 Å². The second-order valence-electron chi connectivity index (χ2n) is 5.83. The highest BCUT2D eigenvalue weighted by atomic mass is 15.2. The smallest absolute Gasteiger partial charge is 0.0951 e. The average molecular weight is 270 g/mol. The number of fused-ring (bicyclic) bond motifs is 1. The molecule has 1 aliphatic rings. The van der Waals surface area contributed by atoms with Gasteiger partial charge in [-0.2, -0.15) is 0 Å². The number of nitrogens with two attached hydrogens (primary N) is 1. The molecule has 0 amide bonds. The lowest BCUT2D eigenvalue weighted by Crippen LogP contribution is -2.31. The molecule has 106 valence electrons. The van der Waals surface area contributed by atoms with E-state index in [-0.39, 0.29) is 0 Å². The maximum Gasteiger partial charge on any atom is 0.0951 e. The molecule has 1 aromatic carbocycles. The number of hydrogen-bond acceptors (Lipinski definition) is 3. The number of nitrogens with zero attached hydrogens (tertiary/aromatic N) is 3. The average Bonchev–Trinajstić information content (AvgIpc) is 2.87. The number of nitrogen functional groups attached to an aromatic ring is 1. The Labute approximate surface area is 120 Å². The SMILES string of the molecule is CC(C)n1cncc1CN1CCc2c(N)cccc2C1. The van der Waals surface area contributed by atoms with Crippen LogP contribution in [0.25, 0.3) is 0 Å². The van der Waals surface area contributed by atoms with Gasteiger partial charge in [0.1, 0.15) is 0 Å². The maximum absolute atomic E-state index is 6.05. The third kappa shape index (κ3) is 2.43. The molecule has 0 aliphatic carbocycles. The van der Waals surface area contributed by atoms with Gasteiger partial charge in [-0.1, -0.05) is 12.1 Å². The van der Waals surface area contributed by atoms with E-state index in [0.717, 1.165) is 31.7 Å². The maximum atomic E-state index is 6.05. The van der Waals surface area contributed by atoms with Gasteiger partial charge < -0.3 is 10.3 Å². The second-order valence-corrected chi connectivity index (χ2v) is 5.83. The van der Waals surface area contributed by atoms with Crippen LogP contribution in [0.3, 0.4) is 0 Å². The van der Waals surface area contributed by atoms with E-state index < -0.39 is 0 Å². The van der Waals surface area contributed by atoms with E-state index in [1.54, 1.807) is 0 Å². The number of benzene rings is 1. The molecule has 0 spiro atoms. The second kappa shape index (κ2) is 5.29. The normalized spacial score (nSPS) is 15.6. The van der Waals surface area contributed by atoms with Crippen LogP contribution in [0.1, 0.15) is 36.7 Å². The summed E-state index contributed by atoms with van der Waals surface area (Å²) in [7, 11) is 0. The number of imidazole rings is 1. The van der Waals surface area contributed by atoms with Gasteiger partial charge >= 0.3 is 0 Å². The monoisotopic (exact) mass is 270 g/mol. The van der Waals surface area contributed by atoms with Gasteiger partial charge in [-0.15, -0.1) is 0 Å². The molecule has 2 N–H and O–H groups in total. The first-order chi connectivity index (χ1) is 9.65. The Balaban J connectivity index is 1.76. The van der Waals surface area contributed by atoms with Crippen LogP contribution in [0, 0.1) is 0 Å². The number of rotatable bonds is 3. The minimum Gasteiger partial charge on any atom is -0.398 e. The molecule has 4 nitrogen and oxygen atoms in total. The van der Waals surface area contributed by atoms with Crippen LogP contribution >= 0.6 is 0 Å². The third-order valence-corrected chi connectivity index (χ3v) is 4.07. The standard InChI is InChI=1S/C16H22N4/c1-12(2)20-11-18-8-14(20)10-19-7-6-15-13(9-19)4-3-5-16(15)17/h3-5,8,11-12H,6-7,9-10,17H2,1-2H3. The Morgan fingerprint density at radius 2 is 2.20 bits per heavy atom. The van der Waals surface area contributed by atoms with Crippen molar-refractivity contribution >= 4 is 5.69 Å². The molecule has 3 rings (SSSR count). The Bertz CT molecular complexity index is 600. The van der Waals surface area contributed by atoms with E-state index in [2.05, 4.69) is 40.4 Å². The van der Waals surface area contributed by atoms with Crippen molar-refractivity contribution in [3.05, 3.63) is 47.5 Å². The van der Waals surface area contributed by atoms with E-state index in [4.69, 9.17) is 5.73 Å². The van der Waals surface area contributed by atoms with Crippen molar-refractivity contribution in [1.29, 1.82) is 0 Å². The van der Waals surface area contributed by atoms with Gasteiger partial charge in [0.2, 0.25) is 0 Å². The molecule has 0 fully saturated rings. The Morgan fingerprint density at radius 3 is 3.00 bits per heavy atom. The Morgan fingerprint density at radius 1 is 1.35 bits per heavy atom. The molecule has 0 saturated carbocycles. The summed E-state index contributed by atoms with van der Waals surface area (Å²) < 4.78 is 2.24. The molecule has 2 aromatic rings. The quantitative estimate of drug-likeness (QED) is 0.872. The molecule has 0 unspecified atom stereocenters. The molecular weight excluding hydrogens is 248 g/mol. The number of hydrogen-bond donors (Lipinski definition) is 1. The predicted octanol–water partition coefficient (Wildman–Crippen LogP) is 2.60. The molecule has 2 heterocycles. The molecule has 0 saturated heterocycles. The summed E-state index contributed by atoms with van der Waals surface area (Å²) in [4.78, 5) is 6.75. The van der Waals surface area contributed by atoms with E-state index in [0.29, 0.717) is 6.04 Å². The zero-order chi connectivity index (χ0) is 14.1. The summed E-state index contributed by atoms with van der Waals surface area (Å²) in [5.41, 5.74) is 11.0. The van der Waals surface area contributed by atoms with Crippen molar-refractivity contribution in [1.82, 2.24) is 14.5 Å². The molecule has 0 bridgehead atoms. The van der Waals surface area contributed by atoms with Gasteiger partial charge in [0.25, 0.3) is 0 Å². The highest BCUT2D eigenvalue weighted by molar-refractivity contribution is 5.51. The molecule has 20 heavy (non-hydrogen) atoms. The lowest BCUT2D eigenvalue weighted by atomic mass is 9.98. The van der Waals surface area contributed by atoms with Crippen LogP contribution in [-0.4, -0.2) is 21.0 Å². The summed E-state index contributed by atoms with van der Waals surface area (Å²) in [6, 6.07) is 6.70. The minimum absolute atomic E-state index is 0.459. The van der Waals surface area contributed by atoms with Crippen molar-refractivity contribution in [2.75, 3.05) is 12.3 Å². The highest BCUT2D eigenvalue weighted by Crippen LogP contribution is 2.25. The lowest BCUT2D eigenvalue weighted by Gasteiger charge is -2.29. The summed E-state index contributed by atoms with van der Waals surface area (Å²) in [6.07, 6.45) is 4.95. The van der Waals surface area contributed by atoms with E-state index in [1.165, 1.54) is 16.8 Å². The summed E-state index contributed by atoms with van der Waals surface area (Å²) in [5.74, 6) is 0. The van der Waals surface area contributed by atoms with E-state index in [1.807, 2.05) is 18.6 Å². The van der Waals surface area contributed by atoms with Crippen molar-refractivity contribution in [2.45, 2.75) is 39.4 Å². The van der Waals surface area contributed by atoms with E-state index >= 15 is 0 Å². The molecule has 0 atom stereocenters. The zero-order valence-electron chi connectivity index (χ0n) is 12.2. The van der Waals surface area contributed by atoms with Gasteiger partial charge in [0.05, 0.1) is 12.0 Å². The minimum atomic E-state index is 0.459. The summed E-state index contributed by atoms with van der Waals surface area (Å²) >= 11 is 0. The van der Waals surface area contributed by atoms with Crippen LogP contribution in [0.2, 0.25) is 0 Å². The van der Waals surface area contributed by atoms with Gasteiger partial charge in [-0.25, -0.2) is 4.98 Å². The molecule has 1 aliphatic heterocycles. The first-order valence-electron chi connectivity index (χ1n) is 7.24. The van der Waals surface area contributed by atoms with Crippen molar-refractivity contribution in [3.8, 4) is 0 Å². The van der Waals surface area contributed by atoms with Gasteiger partial charge in [0.15, 0.2) is 0 Å². The van der Waals surface area contributed by atoms with Crippen molar-refractivity contribution < 1.29 is 0 Å². The van der Waals surface area contributed by atoms with Gasteiger partial charge in [0, 0.05) is 37.6 Å². The molecular formula is C16H22N4. The Hall–Kier alpha value is -1.81. The van der Waals surface area contributed by atoms with Gasteiger partial charge in [-0.3, -0.25) is 4.90 Å². The zero-order valence-corrected chi connectivity index (χ0v) is 12.2. The summed E-state index contributed by atoms with van der Waals surface area (Å²) in [6.45, 7) is 7.37. The van der Waals surface area contributed by atoms with Crippen LogP contribution in [-0.2, 0) is 19.5 Å². The fraction of sp³-hybridized carbons (Fsp3) is 0.438. The predicted molar refractivity (Wildman–Crippen MR) is 81.3 cm³/mol. The number of anilines is 1.